The summed E-state index contributed by atoms with van der Waals surface area (Å²) in [7, 11) is 0. The van der Waals surface area contributed by atoms with E-state index in [1.807, 2.05) is 30.3 Å². The standard InChI is InChI=1S/C7H8NS/c1-9-8-7-5-3-2-4-6-7/h2-6,8H,1H2. The van der Waals surface area contributed by atoms with Gasteiger partial charge in [-0.25, -0.2) is 0 Å². The Morgan fingerprint density at radius 3 is 2.44 bits per heavy atom. The maximum atomic E-state index is 3.59. The van der Waals surface area contributed by atoms with E-state index < -0.39 is 0 Å². The molecule has 0 atom stereocenters. The van der Waals surface area contributed by atoms with Gasteiger partial charge >= 0.3 is 0 Å². The lowest BCUT2D eigenvalue weighted by molar-refractivity contribution is 1.69. The zero-order chi connectivity index (χ0) is 6.53. The fourth-order valence-electron chi connectivity index (χ4n) is 0.590. The highest BCUT2D eigenvalue weighted by Crippen LogP contribution is 2.09. The highest BCUT2D eigenvalue weighted by atomic mass is 32.2. The van der Waals surface area contributed by atoms with Crippen molar-refractivity contribution in [2.45, 2.75) is 0 Å². The molecule has 1 radical (unpaired) electrons. The molecule has 1 nitrogen and oxygen atoms in total. The van der Waals surface area contributed by atoms with E-state index in [1.165, 1.54) is 11.9 Å². The number of hydrogen-bond donors (Lipinski definition) is 1. The Labute approximate surface area is 59.6 Å². The minimum absolute atomic E-state index is 1.09. The van der Waals surface area contributed by atoms with Crippen molar-refractivity contribution in [3.05, 3.63) is 36.6 Å². The second kappa shape index (κ2) is 3.41. The molecule has 0 amide bonds. The van der Waals surface area contributed by atoms with Gasteiger partial charge < -0.3 is 4.72 Å². The molecule has 47 valence electrons. The second-order valence-electron chi connectivity index (χ2n) is 1.61. The van der Waals surface area contributed by atoms with E-state index in [0.717, 1.165) is 5.69 Å². The van der Waals surface area contributed by atoms with Crippen molar-refractivity contribution in [1.82, 2.24) is 0 Å². The lowest BCUT2D eigenvalue weighted by Crippen LogP contribution is -1.80. The third-order valence-electron chi connectivity index (χ3n) is 0.964. The summed E-state index contributed by atoms with van der Waals surface area (Å²) in [5.41, 5.74) is 1.09. The van der Waals surface area contributed by atoms with Crippen LogP contribution >= 0.6 is 11.9 Å². The monoisotopic (exact) mass is 138 g/mol. The quantitative estimate of drug-likeness (QED) is 0.630. The molecule has 0 aromatic heterocycles. The Bertz CT molecular complexity index is 162. The van der Waals surface area contributed by atoms with Crippen molar-refractivity contribution in [2.24, 2.45) is 0 Å². The van der Waals surface area contributed by atoms with Gasteiger partial charge in [0.1, 0.15) is 0 Å². The van der Waals surface area contributed by atoms with Gasteiger partial charge in [-0.05, 0) is 12.1 Å². The molecule has 1 aromatic carbocycles. The Kier molecular flexibility index (Phi) is 2.46. The number of anilines is 1. The summed E-state index contributed by atoms with van der Waals surface area (Å²) in [4.78, 5) is 0. The van der Waals surface area contributed by atoms with Crippen molar-refractivity contribution in [2.75, 3.05) is 4.72 Å². The maximum absolute atomic E-state index is 3.59. The van der Waals surface area contributed by atoms with E-state index in [1.54, 1.807) is 0 Å². The SMILES string of the molecule is [CH2]SNc1ccccc1. The van der Waals surface area contributed by atoms with Crippen LogP contribution in [0.3, 0.4) is 0 Å². The van der Waals surface area contributed by atoms with E-state index in [2.05, 4.69) is 11.0 Å². The number of nitrogens with one attached hydrogen (secondary N) is 1. The Hall–Kier alpha value is -0.630. The van der Waals surface area contributed by atoms with Crippen LogP contribution in [-0.2, 0) is 0 Å². The first-order valence-corrected chi connectivity index (χ1v) is 3.64. The van der Waals surface area contributed by atoms with Crippen LogP contribution in [0.2, 0.25) is 0 Å². The Morgan fingerprint density at radius 2 is 1.89 bits per heavy atom. The average molecular weight is 138 g/mol. The smallest absolute Gasteiger partial charge is 0.0440 e. The Balaban J connectivity index is 2.61. The van der Waals surface area contributed by atoms with Crippen LogP contribution in [0.4, 0.5) is 5.69 Å². The summed E-state index contributed by atoms with van der Waals surface area (Å²) < 4.78 is 3.01. The molecular formula is C7H8NS. The zero-order valence-electron chi connectivity index (χ0n) is 5.00. The van der Waals surface area contributed by atoms with Crippen LogP contribution < -0.4 is 4.72 Å². The molecule has 0 heterocycles. The first-order valence-electron chi connectivity index (χ1n) is 2.65. The Morgan fingerprint density at radius 1 is 1.22 bits per heavy atom. The lowest BCUT2D eigenvalue weighted by atomic mass is 10.3. The minimum Gasteiger partial charge on any atom is -0.330 e. The van der Waals surface area contributed by atoms with Crippen molar-refractivity contribution >= 4 is 17.6 Å². The summed E-state index contributed by atoms with van der Waals surface area (Å²) in [6.07, 6.45) is 3.59. The van der Waals surface area contributed by atoms with Gasteiger partial charge in [-0.2, -0.15) is 0 Å². The van der Waals surface area contributed by atoms with Gasteiger partial charge in [-0.1, -0.05) is 30.1 Å². The predicted octanol–water partition coefficient (Wildman–Crippen LogP) is 2.54. The van der Waals surface area contributed by atoms with Crippen LogP contribution in [0, 0.1) is 6.26 Å². The minimum atomic E-state index is 1.09. The molecule has 0 aliphatic heterocycles. The molecule has 1 N–H and O–H groups in total. The molecule has 0 fully saturated rings. The van der Waals surface area contributed by atoms with Gasteiger partial charge in [0.05, 0.1) is 0 Å². The molecule has 0 spiro atoms. The normalized spacial score (nSPS) is 9.00. The van der Waals surface area contributed by atoms with Crippen LogP contribution in [0.1, 0.15) is 0 Å². The largest absolute Gasteiger partial charge is 0.330 e. The van der Waals surface area contributed by atoms with Crippen molar-refractivity contribution in [3.8, 4) is 0 Å². The summed E-state index contributed by atoms with van der Waals surface area (Å²) in [5.74, 6) is 0. The summed E-state index contributed by atoms with van der Waals surface area (Å²) >= 11 is 1.35. The molecule has 0 saturated carbocycles. The van der Waals surface area contributed by atoms with Crippen molar-refractivity contribution in [1.29, 1.82) is 0 Å². The first-order chi connectivity index (χ1) is 4.43. The fraction of sp³-hybridized carbons (Fsp3) is 0. The van der Waals surface area contributed by atoms with Gasteiger partial charge in [0.2, 0.25) is 0 Å². The van der Waals surface area contributed by atoms with Gasteiger partial charge in [0.15, 0.2) is 0 Å². The van der Waals surface area contributed by atoms with E-state index in [0.29, 0.717) is 0 Å². The number of benzene rings is 1. The van der Waals surface area contributed by atoms with E-state index in [-0.39, 0.29) is 0 Å². The molecule has 0 aliphatic rings. The van der Waals surface area contributed by atoms with Crippen molar-refractivity contribution in [3.63, 3.8) is 0 Å². The van der Waals surface area contributed by atoms with Crippen LogP contribution in [0.5, 0.6) is 0 Å². The van der Waals surface area contributed by atoms with Gasteiger partial charge in [-0.3, -0.25) is 0 Å². The fourth-order valence-corrected chi connectivity index (χ4v) is 0.892. The molecule has 0 bridgehead atoms. The molecule has 0 unspecified atom stereocenters. The van der Waals surface area contributed by atoms with Crippen LogP contribution in [-0.4, -0.2) is 0 Å². The highest BCUT2D eigenvalue weighted by Gasteiger charge is 1.82. The number of hydrogen-bond acceptors (Lipinski definition) is 2. The summed E-state index contributed by atoms with van der Waals surface area (Å²) in [5, 5.41) is 0. The van der Waals surface area contributed by atoms with Gasteiger partial charge in [0, 0.05) is 11.9 Å². The molecule has 9 heavy (non-hydrogen) atoms. The molecule has 1 aromatic rings. The second-order valence-corrected chi connectivity index (χ2v) is 2.11. The third kappa shape index (κ3) is 1.98. The van der Waals surface area contributed by atoms with Crippen LogP contribution in [0.15, 0.2) is 30.3 Å². The van der Waals surface area contributed by atoms with Crippen LogP contribution in [0.25, 0.3) is 0 Å². The van der Waals surface area contributed by atoms with E-state index in [4.69, 9.17) is 0 Å². The molecule has 0 saturated heterocycles. The lowest BCUT2D eigenvalue weighted by Gasteiger charge is -1.97. The van der Waals surface area contributed by atoms with Gasteiger partial charge in [-0.15, -0.1) is 0 Å². The topological polar surface area (TPSA) is 12.0 Å². The van der Waals surface area contributed by atoms with Crippen molar-refractivity contribution < 1.29 is 0 Å². The van der Waals surface area contributed by atoms with Gasteiger partial charge in [0.25, 0.3) is 0 Å². The predicted molar refractivity (Wildman–Crippen MR) is 43.0 cm³/mol. The summed E-state index contributed by atoms with van der Waals surface area (Å²) in [6, 6.07) is 9.95. The highest BCUT2D eigenvalue weighted by molar-refractivity contribution is 8.01. The third-order valence-corrected chi connectivity index (χ3v) is 1.34. The molecule has 1 rings (SSSR count). The molecule has 0 aliphatic carbocycles. The molecule has 2 heteroatoms. The average Bonchev–Trinajstić information content (AvgIpc) is 1.91. The summed E-state index contributed by atoms with van der Waals surface area (Å²) in [6.45, 7) is 0. The van der Waals surface area contributed by atoms with E-state index >= 15 is 0 Å². The maximum Gasteiger partial charge on any atom is 0.0440 e. The number of para-hydroxylation sites is 1. The zero-order valence-corrected chi connectivity index (χ0v) is 5.82. The first kappa shape index (κ1) is 6.49. The molecular weight excluding hydrogens is 130 g/mol. The van der Waals surface area contributed by atoms with E-state index in [9.17, 15) is 0 Å². The number of rotatable bonds is 2.